The van der Waals surface area contributed by atoms with Gasteiger partial charge in [-0.1, -0.05) is 12.1 Å². The average Bonchev–Trinajstić information content (AvgIpc) is 2.61. The number of halogens is 3. The number of alkyl halides is 3. The first-order valence-electron chi connectivity index (χ1n) is 7.68. The van der Waals surface area contributed by atoms with Gasteiger partial charge in [0.25, 0.3) is 5.91 Å². The van der Waals surface area contributed by atoms with Crippen LogP contribution in [0.5, 0.6) is 11.5 Å². The van der Waals surface area contributed by atoms with Crippen LogP contribution in [0.2, 0.25) is 0 Å². The third-order valence-corrected chi connectivity index (χ3v) is 4.42. The fourth-order valence-corrected chi connectivity index (χ4v) is 2.77. The van der Waals surface area contributed by atoms with E-state index < -0.39 is 23.9 Å². The van der Waals surface area contributed by atoms with E-state index in [9.17, 15) is 18.0 Å². The van der Waals surface area contributed by atoms with Crippen molar-refractivity contribution < 1.29 is 27.4 Å². The first kappa shape index (κ1) is 20.0. The molecule has 0 aliphatic carbocycles. The SMILES string of the molecule is COc1ccc(OC(C)C(=O)Nc2ccccc2SCC(F)(F)F)cc1. The van der Waals surface area contributed by atoms with Crippen molar-refractivity contribution in [3.63, 3.8) is 0 Å². The number of nitrogens with one attached hydrogen (secondary N) is 1. The summed E-state index contributed by atoms with van der Waals surface area (Å²) in [4.78, 5) is 12.6. The summed E-state index contributed by atoms with van der Waals surface area (Å²) in [5, 5.41) is 2.61. The number of amides is 1. The molecule has 26 heavy (non-hydrogen) atoms. The van der Waals surface area contributed by atoms with Crippen molar-refractivity contribution in [3.8, 4) is 11.5 Å². The molecule has 0 aliphatic heterocycles. The first-order valence-corrected chi connectivity index (χ1v) is 8.67. The van der Waals surface area contributed by atoms with Gasteiger partial charge in [-0.15, -0.1) is 11.8 Å². The van der Waals surface area contributed by atoms with Crippen LogP contribution in [0, 0.1) is 0 Å². The highest BCUT2D eigenvalue weighted by molar-refractivity contribution is 7.99. The Bertz CT molecular complexity index is 735. The van der Waals surface area contributed by atoms with Gasteiger partial charge in [-0.05, 0) is 43.3 Å². The van der Waals surface area contributed by atoms with E-state index in [2.05, 4.69) is 5.32 Å². The second-order valence-electron chi connectivity index (χ2n) is 5.32. The second kappa shape index (κ2) is 8.84. The molecule has 0 spiro atoms. The number of para-hydroxylation sites is 1. The highest BCUT2D eigenvalue weighted by atomic mass is 32.2. The van der Waals surface area contributed by atoms with Gasteiger partial charge in [0.05, 0.1) is 18.6 Å². The van der Waals surface area contributed by atoms with Crippen LogP contribution in [0.3, 0.4) is 0 Å². The quantitative estimate of drug-likeness (QED) is 0.699. The van der Waals surface area contributed by atoms with Crippen molar-refractivity contribution in [2.24, 2.45) is 0 Å². The van der Waals surface area contributed by atoms with Gasteiger partial charge in [-0.25, -0.2) is 0 Å². The van der Waals surface area contributed by atoms with Crippen LogP contribution in [-0.4, -0.2) is 31.1 Å². The Morgan fingerprint density at radius 2 is 1.73 bits per heavy atom. The molecular weight excluding hydrogens is 367 g/mol. The van der Waals surface area contributed by atoms with Crippen LogP contribution in [0.25, 0.3) is 0 Å². The molecule has 1 atom stereocenters. The van der Waals surface area contributed by atoms with Crippen LogP contribution < -0.4 is 14.8 Å². The van der Waals surface area contributed by atoms with Gasteiger partial charge in [-0.3, -0.25) is 4.79 Å². The molecule has 1 N–H and O–H groups in total. The van der Waals surface area contributed by atoms with Gasteiger partial charge in [-0.2, -0.15) is 13.2 Å². The minimum Gasteiger partial charge on any atom is -0.497 e. The smallest absolute Gasteiger partial charge is 0.398 e. The summed E-state index contributed by atoms with van der Waals surface area (Å²) in [7, 11) is 1.54. The Kier molecular flexibility index (Phi) is 6.79. The maximum atomic E-state index is 12.4. The van der Waals surface area contributed by atoms with E-state index in [4.69, 9.17) is 9.47 Å². The summed E-state index contributed by atoms with van der Waals surface area (Å²) < 4.78 is 47.9. The molecule has 4 nitrogen and oxygen atoms in total. The Hall–Kier alpha value is -2.35. The van der Waals surface area contributed by atoms with Crippen LogP contribution in [0.4, 0.5) is 18.9 Å². The van der Waals surface area contributed by atoms with E-state index in [0.29, 0.717) is 33.8 Å². The number of carbonyl (C=O) groups is 1. The molecule has 0 bridgehead atoms. The molecule has 0 fully saturated rings. The number of thioether (sulfide) groups is 1. The zero-order valence-electron chi connectivity index (χ0n) is 14.2. The van der Waals surface area contributed by atoms with Gasteiger partial charge >= 0.3 is 6.18 Å². The number of hydrogen-bond donors (Lipinski definition) is 1. The molecule has 0 aliphatic rings. The molecule has 0 saturated carbocycles. The maximum absolute atomic E-state index is 12.4. The lowest BCUT2D eigenvalue weighted by Crippen LogP contribution is -2.30. The Balaban J connectivity index is 1.99. The highest BCUT2D eigenvalue weighted by Gasteiger charge is 2.28. The molecule has 2 rings (SSSR count). The Labute approximate surface area is 153 Å². The van der Waals surface area contributed by atoms with E-state index >= 15 is 0 Å². The fraction of sp³-hybridized carbons (Fsp3) is 0.278. The molecule has 8 heteroatoms. The van der Waals surface area contributed by atoms with Crippen molar-refractivity contribution >= 4 is 23.4 Å². The largest absolute Gasteiger partial charge is 0.497 e. The molecule has 0 radical (unpaired) electrons. The molecule has 0 aromatic heterocycles. The van der Waals surface area contributed by atoms with Crippen molar-refractivity contribution in [2.45, 2.75) is 24.1 Å². The van der Waals surface area contributed by atoms with Crippen LogP contribution >= 0.6 is 11.8 Å². The van der Waals surface area contributed by atoms with E-state index in [1.807, 2.05) is 0 Å². The summed E-state index contributed by atoms with van der Waals surface area (Å²) in [5.41, 5.74) is 0.317. The fourth-order valence-electron chi connectivity index (χ4n) is 2.00. The Morgan fingerprint density at radius 1 is 1.12 bits per heavy atom. The molecule has 0 heterocycles. The lowest BCUT2D eigenvalue weighted by atomic mass is 10.3. The lowest BCUT2D eigenvalue weighted by molar-refractivity contribution is -0.122. The van der Waals surface area contributed by atoms with E-state index in [1.54, 1.807) is 56.5 Å². The average molecular weight is 385 g/mol. The zero-order chi connectivity index (χ0) is 19.2. The van der Waals surface area contributed by atoms with Crippen molar-refractivity contribution in [1.82, 2.24) is 0 Å². The number of anilines is 1. The van der Waals surface area contributed by atoms with Crippen molar-refractivity contribution in [3.05, 3.63) is 48.5 Å². The van der Waals surface area contributed by atoms with E-state index in [1.165, 1.54) is 6.07 Å². The van der Waals surface area contributed by atoms with Gasteiger partial charge in [0.15, 0.2) is 6.10 Å². The van der Waals surface area contributed by atoms with Crippen molar-refractivity contribution in [1.29, 1.82) is 0 Å². The summed E-state index contributed by atoms with van der Waals surface area (Å²) in [6.45, 7) is 1.56. The lowest BCUT2D eigenvalue weighted by Gasteiger charge is -2.17. The predicted molar refractivity (Wildman–Crippen MR) is 94.9 cm³/mol. The maximum Gasteiger partial charge on any atom is 0.398 e. The first-order chi connectivity index (χ1) is 12.3. The highest BCUT2D eigenvalue weighted by Crippen LogP contribution is 2.32. The minimum absolute atomic E-state index is 0.317. The molecule has 0 saturated heterocycles. The third kappa shape index (κ3) is 6.18. The summed E-state index contributed by atoms with van der Waals surface area (Å²) in [6, 6.07) is 13.1. The minimum atomic E-state index is -4.29. The number of hydrogen-bond acceptors (Lipinski definition) is 4. The topological polar surface area (TPSA) is 47.6 Å². The molecule has 1 amide bonds. The van der Waals surface area contributed by atoms with Crippen LogP contribution in [0.1, 0.15) is 6.92 Å². The number of ether oxygens (including phenoxy) is 2. The predicted octanol–water partition coefficient (Wildman–Crippen LogP) is 4.76. The van der Waals surface area contributed by atoms with Gasteiger partial charge in [0, 0.05) is 4.90 Å². The van der Waals surface area contributed by atoms with E-state index in [0.717, 1.165) is 0 Å². The molecular formula is C18H18F3NO3S. The standard InChI is InChI=1S/C18H18F3NO3S/c1-12(25-14-9-7-13(24-2)8-10-14)17(23)22-15-5-3-4-6-16(15)26-11-18(19,20)21/h3-10,12H,11H2,1-2H3,(H,22,23). The number of rotatable bonds is 7. The third-order valence-electron chi connectivity index (χ3n) is 3.28. The summed E-state index contributed by atoms with van der Waals surface area (Å²) >= 11 is 0.621. The van der Waals surface area contributed by atoms with Gasteiger partial charge < -0.3 is 14.8 Å². The normalized spacial score (nSPS) is 12.3. The monoisotopic (exact) mass is 385 g/mol. The second-order valence-corrected chi connectivity index (χ2v) is 6.34. The van der Waals surface area contributed by atoms with Crippen LogP contribution in [0.15, 0.2) is 53.4 Å². The molecule has 1 unspecified atom stereocenters. The molecule has 2 aromatic rings. The van der Waals surface area contributed by atoms with Gasteiger partial charge in [0.2, 0.25) is 0 Å². The molecule has 2 aromatic carbocycles. The van der Waals surface area contributed by atoms with Crippen molar-refractivity contribution in [2.75, 3.05) is 18.2 Å². The number of benzene rings is 2. The van der Waals surface area contributed by atoms with Crippen LogP contribution in [-0.2, 0) is 4.79 Å². The summed E-state index contributed by atoms with van der Waals surface area (Å²) in [5.74, 6) is -0.350. The number of methoxy groups -OCH3 is 1. The van der Waals surface area contributed by atoms with E-state index in [-0.39, 0.29) is 0 Å². The number of carbonyl (C=O) groups excluding carboxylic acids is 1. The molecule has 140 valence electrons. The van der Waals surface area contributed by atoms with Gasteiger partial charge in [0.1, 0.15) is 11.5 Å². The summed E-state index contributed by atoms with van der Waals surface area (Å²) in [6.07, 6.45) is -5.11. The Morgan fingerprint density at radius 3 is 2.35 bits per heavy atom. The zero-order valence-corrected chi connectivity index (χ0v) is 15.0.